The number of amides is 1. The summed E-state index contributed by atoms with van der Waals surface area (Å²) in [6, 6.07) is 14.1. The number of fused-ring (bicyclic) bond motifs is 1. The van der Waals surface area contributed by atoms with Gasteiger partial charge in [-0.3, -0.25) is 9.10 Å². The van der Waals surface area contributed by atoms with Crippen molar-refractivity contribution in [3.05, 3.63) is 54.1 Å². The molecule has 1 atom stereocenters. The van der Waals surface area contributed by atoms with Crippen LogP contribution in [0.5, 0.6) is 11.5 Å². The number of methoxy groups -OCH3 is 1. The van der Waals surface area contributed by atoms with E-state index in [0.717, 1.165) is 17.6 Å². The maximum Gasteiger partial charge on any atom is 0.263 e. The van der Waals surface area contributed by atoms with E-state index in [9.17, 15) is 13.2 Å². The lowest BCUT2D eigenvalue weighted by molar-refractivity contribution is -0.127. The number of rotatable bonds is 5. The lowest BCUT2D eigenvalue weighted by Crippen LogP contribution is -2.50. The number of carbonyl (C=O) groups is 1. The molecule has 0 saturated carbocycles. The molecule has 0 bridgehead atoms. The van der Waals surface area contributed by atoms with Gasteiger partial charge in [0.05, 0.1) is 25.6 Å². The Bertz CT molecular complexity index is 896. The van der Waals surface area contributed by atoms with Crippen molar-refractivity contribution >= 4 is 21.6 Å². The SMILES string of the molecule is COc1ccc(CNC(=O)[C@H]2CN(S(C)(=O)=O)c3ccccc3O2)cc1. The minimum atomic E-state index is -3.52. The summed E-state index contributed by atoms with van der Waals surface area (Å²) < 4.78 is 36.2. The minimum Gasteiger partial charge on any atom is -0.497 e. The number of para-hydroxylation sites is 2. The number of sulfonamides is 1. The van der Waals surface area contributed by atoms with Crippen molar-refractivity contribution in [3.8, 4) is 11.5 Å². The van der Waals surface area contributed by atoms with Gasteiger partial charge >= 0.3 is 0 Å². The molecular weight excluding hydrogens is 356 g/mol. The fraction of sp³-hybridized carbons (Fsp3) is 0.278. The van der Waals surface area contributed by atoms with Gasteiger partial charge in [-0.05, 0) is 29.8 Å². The molecule has 0 aromatic heterocycles. The van der Waals surface area contributed by atoms with E-state index in [1.807, 2.05) is 12.1 Å². The molecule has 0 radical (unpaired) electrons. The fourth-order valence-corrected chi connectivity index (χ4v) is 3.61. The van der Waals surface area contributed by atoms with Crippen molar-refractivity contribution in [2.45, 2.75) is 12.6 Å². The Morgan fingerprint density at radius 2 is 1.92 bits per heavy atom. The Kier molecular flexibility index (Phi) is 5.03. The lowest BCUT2D eigenvalue weighted by atomic mass is 10.2. The Morgan fingerprint density at radius 3 is 2.58 bits per heavy atom. The van der Waals surface area contributed by atoms with Crippen LogP contribution in [-0.2, 0) is 21.4 Å². The lowest BCUT2D eigenvalue weighted by Gasteiger charge is -2.33. The molecule has 1 amide bonds. The van der Waals surface area contributed by atoms with Gasteiger partial charge in [-0.15, -0.1) is 0 Å². The summed E-state index contributed by atoms with van der Waals surface area (Å²) >= 11 is 0. The zero-order valence-electron chi connectivity index (χ0n) is 14.5. The maximum atomic E-state index is 12.5. The van der Waals surface area contributed by atoms with Crippen molar-refractivity contribution in [2.75, 3.05) is 24.2 Å². The van der Waals surface area contributed by atoms with Gasteiger partial charge in [0.15, 0.2) is 6.10 Å². The van der Waals surface area contributed by atoms with Gasteiger partial charge < -0.3 is 14.8 Å². The highest BCUT2D eigenvalue weighted by Gasteiger charge is 2.34. The van der Waals surface area contributed by atoms with E-state index in [2.05, 4.69) is 5.32 Å². The summed E-state index contributed by atoms with van der Waals surface area (Å²) in [5.41, 5.74) is 1.34. The number of benzene rings is 2. The van der Waals surface area contributed by atoms with Crippen LogP contribution < -0.4 is 19.1 Å². The molecular formula is C18H20N2O5S. The van der Waals surface area contributed by atoms with E-state index < -0.39 is 16.1 Å². The highest BCUT2D eigenvalue weighted by Crippen LogP contribution is 2.34. The second kappa shape index (κ2) is 7.25. The molecule has 1 N–H and O–H groups in total. The third-order valence-electron chi connectivity index (χ3n) is 4.05. The van der Waals surface area contributed by atoms with E-state index in [0.29, 0.717) is 18.0 Å². The standard InChI is InChI=1S/C18H20N2O5S/c1-24-14-9-7-13(8-10-14)11-19-18(21)17-12-20(26(2,22)23)15-5-3-4-6-16(15)25-17/h3-10,17H,11-12H2,1-2H3,(H,19,21)/t17-/m1/s1. The molecule has 0 aliphatic carbocycles. The normalized spacial score (nSPS) is 16.4. The Balaban J connectivity index is 1.71. The van der Waals surface area contributed by atoms with Crippen LogP contribution in [-0.4, -0.2) is 40.3 Å². The number of nitrogens with one attached hydrogen (secondary N) is 1. The quantitative estimate of drug-likeness (QED) is 0.856. The van der Waals surface area contributed by atoms with Crippen LogP contribution in [0.3, 0.4) is 0 Å². The molecule has 0 spiro atoms. The van der Waals surface area contributed by atoms with Crippen molar-refractivity contribution in [2.24, 2.45) is 0 Å². The van der Waals surface area contributed by atoms with Gasteiger partial charge in [-0.25, -0.2) is 8.42 Å². The van der Waals surface area contributed by atoms with Gasteiger partial charge in [-0.1, -0.05) is 24.3 Å². The van der Waals surface area contributed by atoms with E-state index in [-0.39, 0.29) is 12.5 Å². The first-order chi connectivity index (χ1) is 12.4. The van der Waals surface area contributed by atoms with Crippen LogP contribution in [0.25, 0.3) is 0 Å². The third-order valence-corrected chi connectivity index (χ3v) is 5.20. The first kappa shape index (κ1) is 18.1. The second-order valence-electron chi connectivity index (χ2n) is 5.93. The average molecular weight is 376 g/mol. The second-order valence-corrected chi connectivity index (χ2v) is 7.84. The number of carbonyl (C=O) groups excluding carboxylic acids is 1. The van der Waals surface area contributed by atoms with Crippen LogP contribution in [0.2, 0.25) is 0 Å². The molecule has 1 aliphatic rings. The van der Waals surface area contributed by atoms with Crippen molar-refractivity contribution in [1.29, 1.82) is 0 Å². The number of hydrogen-bond acceptors (Lipinski definition) is 5. The first-order valence-electron chi connectivity index (χ1n) is 8.02. The summed E-state index contributed by atoms with van der Waals surface area (Å²) in [7, 11) is -1.94. The summed E-state index contributed by atoms with van der Waals surface area (Å²) in [5, 5.41) is 2.78. The van der Waals surface area contributed by atoms with E-state index >= 15 is 0 Å². The predicted molar refractivity (Wildman–Crippen MR) is 97.9 cm³/mol. The summed E-state index contributed by atoms with van der Waals surface area (Å²) in [5.74, 6) is 0.730. The largest absolute Gasteiger partial charge is 0.497 e. The Morgan fingerprint density at radius 1 is 1.23 bits per heavy atom. The van der Waals surface area contributed by atoms with Crippen LogP contribution in [0, 0.1) is 0 Å². The highest BCUT2D eigenvalue weighted by atomic mass is 32.2. The smallest absolute Gasteiger partial charge is 0.263 e. The average Bonchev–Trinajstić information content (AvgIpc) is 2.64. The number of nitrogens with zero attached hydrogens (tertiary/aromatic N) is 1. The number of ether oxygens (including phenoxy) is 2. The molecule has 2 aromatic rings. The van der Waals surface area contributed by atoms with E-state index in [4.69, 9.17) is 9.47 Å². The maximum absolute atomic E-state index is 12.5. The van der Waals surface area contributed by atoms with Gasteiger partial charge in [0, 0.05) is 6.54 Å². The molecule has 0 fully saturated rings. The third kappa shape index (κ3) is 3.91. The number of hydrogen-bond donors (Lipinski definition) is 1. The van der Waals surface area contributed by atoms with Crippen molar-refractivity contribution in [3.63, 3.8) is 0 Å². The molecule has 1 aliphatic heterocycles. The van der Waals surface area contributed by atoms with Gasteiger partial charge in [0.2, 0.25) is 10.0 Å². The van der Waals surface area contributed by atoms with Crippen LogP contribution in [0.1, 0.15) is 5.56 Å². The Labute approximate surface area is 152 Å². The summed E-state index contributed by atoms with van der Waals surface area (Å²) in [6.07, 6.45) is 0.194. The van der Waals surface area contributed by atoms with Crippen molar-refractivity contribution < 1.29 is 22.7 Å². The summed E-state index contributed by atoms with van der Waals surface area (Å²) in [4.78, 5) is 12.5. The molecule has 0 saturated heterocycles. The molecule has 1 heterocycles. The van der Waals surface area contributed by atoms with Crippen LogP contribution >= 0.6 is 0 Å². The fourth-order valence-electron chi connectivity index (χ4n) is 2.70. The zero-order chi connectivity index (χ0) is 18.7. The van der Waals surface area contributed by atoms with Gasteiger partial charge in [0.25, 0.3) is 5.91 Å². The minimum absolute atomic E-state index is 0.0652. The first-order valence-corrected chi connectivity index (χ1v) is 9.87. The van der Waals surface area contributed by atoms with Crippen LogP contribution in [0.15, 0.2) is 48.5 Å². The van der Waals surface area contributed by atoms with E-state index in [1.54, 1.807) is 43.5 Å². The molecule has 8 heteroatoms. The van der Waals surface area contributed by atoms with Crippen LogP contribution in [0.4, 0.5) is 5.69 Å². The molecule has 7 nitrogen and oxygen atoms in total. The van der Waals surface area contributed by atoms with E-state index in [1.165, 1.54) is 4.31 Å². The highest BCUT2D eigenvalue weighted by molar-refractivity contribution is 7.92. The van der Waals surface area contributed by atoms with Gasteiger partial charge in [0.1, 0.15) is 11.5 Å². The van der Waals surface area contributed by atoms with Gasteiger partial charge in [-0.2, -0.15) is 0 Å². The monoisotopic (exact) mass is 376 g/mol. The molecule has 138 valence electrons. The Hall–Kier alpha value is -2.74. The molecule has 0 unspecified atom stereocenters. The molecule has 3 rings (SSSR count). The molecule has 26 heavy (non-hydrogen) atoms. The molecule has 2 aromatic carbocycles. The number of anilines is 1. The predicted octanol–water partition coefficient (Wildman–Crippen LogP) is 1.54. The topological polar surface area (TPSA) is 84.9 Å². The zero-order valence-corrected chi connectivity index (χ0v) is 15.3. The van der Waals surface area contributed by atoms with Crippen molar-refractivity contribution in [1.82, 2.24) is 5.32 Å². The summed E-state index contributed by atoms with van der Waals surface area (Å²) in [6.45, 7) is 0.244.